The number of amides is 1. The lowest BCUT2D eigenvalue weighted by Gasteiger charge is -2.42. The molecular weight excluding hydrogens is 198 g/mol. The van der Waals surface area contributed by atoms with Crippen molar-refractivity contribution in [2.45, 2.75) is 39.3 Å². The maximum absolute atomic E-state index is 11.6. The van der Waals surface area contributed by atoms with Gasteiger partial charge in [-0.15, -0.1) is 0 Å². The lowest BCUT2D eigenvalue weighted by molar-refractivity contribution is 0.161. The Kier molecular flexibility index (Phi) is 3.75. The van der Waals surface area contributed by atoms with Crippen molar-refractivity contribution >= 4 is 22.6 Å². The van der Waals surface area contributed by atoms with E-state index in [1.807, 2.05) is 4.23 Å². The van der Waals surface area contributed by atoms with Crippen LogP contribution < -0.4 is 0 Å². The molecule has 0 radical (unpaired) electrons. The van der Waals surface area contributed by atoms with Crippen LogP contribution in [0.25, 0.3) is 0 Å². The summed E-state index contributed by atoms with van der Waals surface area (Å²) < 4.78 is 6.84. The molecule has 0 atom stereocenters. The number of rotatable bonds is 2. The summed E-state index contributed by atoms with van der Waals surface area (Å²) in [5, 5.41) is 0. The largest absolute Gasteiger partial charge is 0.454 e. The summed E-state index contributed by atoms with van der Waals surface area (Å²) >= 11 is 0. The van der Waals surface area contributed by atoms with Crippen molar-refractivity contribution in [1.82, 2.24) is 4.23 Å². The summed E-state index contributed by atoms with van der Waals surface area (Å²) in [6.07, 6.45) is -0.154. The van der Waals surface area contributed by atoms with Crippen LogP contribution in [0.2, 0.25) is 39.3 Å². The SMILES string of the molecule is COC(=O)N([Si](C)(C)C)[Si](C)(C)C. The summed E-state index contributed by atoms with van der Waals surface area (Å²) in [4.78, 5) is 11.6. The Morgan fingerprint density at radius 3 is 1.38 bits per heavy atom. The van der Waals surface area contributed by atoms with Gasteiger partial charge in [0.05, 0.1) is 7.11 Å². The summed E-state index contributed by atoms with van der Waals surface area (Å²) in [5.41, 5.74) is 0. The van der Waals surface area contributed by atoms with Gasteiger partial charge >= 0.3 is 6.09 Å². The van der Waals surface area contributed by atoms with E-state index in [1.54, 1.807) is 0 Å². The van der Waals surface area contributed by atoms with E-state index in [-0.39, 0.29) is 6.09 Å². The van der Waals surface area contributed by atoms with Crippen molar-refractivity contribution in [3.63, 3.8) is 0 Å². The lowest BCUT2D eigenvalue weighted by atomic mass is 11.2. The number of methoxy groups -OCH3 is 1. The predicted octanol–water partition coefficient (Wildman–Crippen LogP) is 2.72. The first-order valence-electron chi connectivity index (χ1n) is 4.49. The molecule has 0 spiro atoms. The molecule has 0 aromatic carbocycles. The van der Waals surface area contributed by atoms with Gasteiger partial charge in [0.25, 0.3) is 0 Å². The second-order valence-electron chi connectivity index (χ2n) is 5.15. The van der Waals surface area contributed by atoms with Gasteiger partial charge in [-0.05, 0) is 0 Å². The van der Waals surface area contributed by atoms with Crippen LogP contribution in [-0.4, -0.2) is 33.9 Å². The first-order valence-corrected chi connectivity index (χ1v) is 11.4. The molecule has 0 bridgehead atoms. The average molecular weight is 219 g/mol. The van der Waals surface area contributed by atoms with E-state index < -0.39 is 16.5 Å². The van der Waals surface area contributed by atoms with Gasteiger partial charge < -0.3 is 8.97 Å². The van der Waals surface area contributed by atoms with Crippen molar-refractivity contribution < 1.29 is 9.53 Å². The van der Waals surface area contributed by atoms with Crippen LogP contribution in [-0.2, 0) is 4.74 Å². The molecule has 5 heteroatoms. The van der Waals surface area contributed by atoms with Crippen molar-refractivity contribution in [3.8, 4) is 0 Å². The number of carbonyl (C=O) groups excluding carboxylic acids is 1. The van der Waals surface area contributed by atoms with Gasteiger partial charge in [-0.3, -0.25) is 0 Å². The number of carbonyl (C=O) groups is 1. The summed E-state index contributed by atoms with van der Waals surface area (Å²) in [5.74, 6) is 0. The fraction of sp³-hybridized carbons (Fsp3) is 0.875. The zero-order chi connectivity index (χ0) is 10.9. The van der Waals surface area contributed by atoms with Crippen molar-refractivity contribution in [2.75, 3.05) is 7.11 Å². The Morgan fingerprint density at radius 1 is 1.00 bits per heavy atom. The first-order chi connectivity index (χ1) is 5.60. The van der Waals surface area contributed by atoms with Gasteiger partial charge in [0.1, 0.15) is 16.5 Å². The second-order valence-corrected chi connectivity index (χ2v) is 15.2. The molecule has 0 unspecified atom stereocenters. The van der Waals surface area contributed by atoms with Crippen LogP contribution in [0.5, 0.6) is 0 Å². The molecule has 0 aromatic heterocycles. The van der Waals surface area contributed by atoms with Gasteiger partial charge in [0.2, 0.25) is 0 Å². The van der Waals surface area contributed by atoms with E-state index in [1.165, 1.54) is 7.11 Å². The Hall–Kier alpha value is -0.296. The Bertz CT molecular complexity index is 179. The normalized spacial score (nSPS) is 12.5. The highest BCUT2D eigenvalue weighted by molar-refractivity contribution is 6.92. The molecule has 0 saturated heterocycles. The molecule has 13 heavy (non-hydrogen) atoms. The van der Waals surface area contributed by atoms with E-state index in [0.29, 0.717) is 0 Å². The second kappa shape index (κ2) is 3.83. The smallest absolute Gasteiger partial charge is 0.393 e. The summed E-state index contributed by atoms with van der Waals surface area (Å²) in [6, 6.07) is 0. The Labute approximate surface area is 83.3 Å². The van der Waals surface area contributed by atoms with Crippen molar-refractivity contribution in [2.24, 2.45) is 0 Å². The van der Waals surface area contributed by atoms with E-state index in [2.05, 4.69) is 39.3 Å². The zero-order valence-corrected chi connectivity index (χ0v) is 11.8. The topological polar surface area (TPSA) is 29.5 Å². The molecule has 0 heterocycles. The molecule has 0 aliphatic rings. The highest BCUT2D eigenvalue weighted by atomic mass is 28.4. The maximum atomic E-state index is 11.6. The van der Waals surface area contributed by atoms with Crippen molar-refractivity contribution in [1.29, 1.82) is 0 Å². The van der Waals surface area contributed by atoms with Gasteiger partial charge in [-0.2, -0.15) is 0 Å². The van der Waals surface area contributed by atoms with Crippen LogP contribution in [0.15, 0.2) is 0 Å². The standard InChI is InChI=1S/C8H21NO2Si2/c1-11-8(10)9(12(2,3)4)13(5,6)7/h1-7H3. The number of ether oxygens (including phenoxy) is 1. The highest BCUT2D eigenvalue weighted by Gasteiger charge is 2.38. The lowest BCUT2D eigenvalue weighted by Crippen LogP contribution is -2.61. The maximum Gasteiger partial charge on any atom is 0.393 e. The third-order valence-corrected chi connectivity index (χ3v) is 8.77. The molecule has 1 amide bonds. The molecule has 78 valence electrons. The van der Waals surface area contributed by atoms with Crippen LogP contribution in [0, 0.1) is 0 Å². The molecule has 0 saturated carbocycles. The fourth-order valence-electron chi connectivity index (χ4n) is 1.65. The Morgan fingerprint density at radius 2 is 1.31 bits per heavy atom. The van der Waals surface area contributed by atoms with Crippen LogP contribution in [0.1, 0.15) is 0 Å². The van der Waals surface area contributed by atoms with Crippen molar-refractivity contribution in [3.05, 3.63) is 0 Å². The van der Waals surface area contributed by atoms with Gasteiger partial charge in [-0.1, -0.05) is 39.3 Å². The zero-order valence-electron chi connectivity index (χ0n) is 9.76. The molecule has 0 aromatic rings. The molecule has 0 aliphatic carbocycles. The minimum Gasteiger partial charge on any atom is -0.454 e. The Balaban J connectivity index is 4.89. The van der Waals surface area contributed by atoms with Crippen LogP contribution in [0.3, 0.4) is 0 Å². The average Bonchev–Trinajstić information content (AvgIpc) is 1.80. The quantitative estimate of drug-likeness (QED) is 0.668. The molecule has 0 rings (SSSR count). The highest BCUT2D eigenvalue weighted by Crippen LogP contribution is 2.20. The van der Waals surface area contributed by atoms with E-state index in [4.69, 9.17) is 4.74 Å². The number of hydrogen-bond acceptors (Lipinski definition) is 2. The van der Waals surface area contributed by atoms with Crippen LogP contribution in [0.4, 0.5) is 4.79 Å². The number of hydrogen-bond donors (Lipinski definition) is 0. The van der Waals surface area contributed by atoms with E-state index in [0.717, 1.165) is 0 Å². The van der Waals surface area contributed by atoms with E-state index in [9.17, 15) is 4.79 Å². The molecule has 3 nitrogen and oxygen atoms in total. The fourth-order valence-corrected chi connectivity index (χ4v) is 11.0. The molecule has 0 fully saturated rings. The van der Waals surface area contributed by atoms with Gasteiger partial charge in [0.15, 0.2) is 0 Å². The predicted molar refractivity (Wildman–Crippen MR) is 60.9 cm³/mol. The molecule has 0 N–H and O–H groups in total. The monoisotopic (exact) mass is 219 g/mol. The summed E-state index contributed by atoms with van der Waals surface area (Å²) in [7, 11) is -1.72. The molecular formula is C8H21NO2Si2. The minimum absolute atomic E-state index is 0.154. The van der Waals surface area contributed by atoms with Crippen LogP contribution >= 0.6 is 0 Å². The summed E-state index contributed by atoms with van der Waals surface area (Å²) in [6.45, 7) is 13.0. The van der Waals surface area contributed by atoms with Gasteiger partial charge in [-0.25, -0.2) is 4.79 Å². The van der Waals surface area contributed by atoms with E-state index >= 15 is 0 Å². The third-order valence-electron chi connectivity index (χ3n) is 1.70. The van der Waals surface area contributed by atoms with Gasteiger partial charge in [0, 0.05) is 0 Å². The first kappa shape index (κ1) is 12.7. The minimum atomic E-state index is -1.59. The number of nitrogens with zero attached hydrogens (tertiary/aromatic N) is 1. The third kappa shape index (κ3) is 3.52. The molecule has 0 aliphatic heterocycles.